The molecule has 0 fully saturated rings. The summed E-state index contributed by atoms with van der Waals surface area (Å²) in [4.78, 5) is -2.31. The Bertz CT molecular complexity index is 701. The molecule has 1 unspecified atom stereocenters. The van der Waals surface area contributed by atoms with Gasteiger partial charge in [0.05, 0.1) is 0 Å². The summed E-state index contributed by atoms with van der Waals surface area (Å²) < 4.78 is 32.7. The van der Waals surface area contributed by atoms with Crippen LogP contribution in [0.3, 0.4) is 0 Å². The molecule has 2 aromatic carbocycles. The van der Waals surface area contributed by atoms with Crippen molar-refractivity contribution in [3.8, 4) is 0 Å². The molecular weight excluding hydrogens is 264 g/mol. The van der Waals surface area contributed by atoms with Gasteiger partial charge in [-0.05, 0) is 10.8 Å². The van der Waals surface area contributed by atoms with Gasteiger partial charge >= 0.3 is 0 Å². The van der Waals surface area contributed by atoms with Crippen LogP contribution in [0.15, 0.2) is 42.5 Å². The summed E-state index contributed by atoms with van der Waals surface area (Å²) in [5.41, 5.74) is 0.197. The van der Waals surface area contributed by atoms with E-state index in [9.17, 15) is 18.1 Å². The Balaban J connectivity index is 2.86. The molecule has 0 aliphatic rings. The molecule has 19 heavy (non-hydrogen) atoms. The molecule has 0 bridgehead atoms. The van der Waals surface area contributed by atoms with Crippen molar-refractivity contribution in [3.05, 3.63) is 48.0 Å². The largest absolute Gasteiger partial charge is 0.369 e. The van der Waals surface area contributed by atoms with Crippen LogP contribution in [0.25, 0.3) is 10.8 Å². The SMILES string of the molecule is CC(C)C(O)(c1cccc2ccccc12)S(=O)(=O)O. The lowest BCUT2D eigenvalue weighted by atomic mass is 9.93. The predicted molar refractivity (Wildman–Crippen MR) is 74.2 cm³/mol. The van der Waals surface area contributed by atoms with E-state index >= 15 is 0 Å². The molecular formula is C14H16O4S. The minimum Gasteiger partial charge on any atom is -0.369 e. The Morgan fingerprint density at radius 1 is 1.05 bits per heavy atom. The fourth-order valence-corrected chi connectivity index (χ4v) is 3.34. The molecule has 0 saturated heterocycles. The van der Waals surface area contributed by atoms with Crippen molar-refractivity contribution in [2.75, 3.05) is 0 Å². The highest BCUT2D eigenvalue weighted by Gasteiger charge is 2.46. The van der Waals surface area contributed by atoms with Crippen molar-refractivity contribution >= 4 is 20.9 Å². The van der Waals surface area contributed by atoms with Crippen LogP contribution < -0.4 is 0 Å². The zero-order valence-electron chi connectivity index (χ0n) is 10.7. The quantitative estimate of drug-likeness (QED) is 0.847. The van der Waals surface area contributed by atoms with Gasteiger partial charge in [0.2, 0.25) is 4.93 Å². The van der Waals surface area contributed by atoms with Crippen LogP contribution >= 0.6 is 0 Å². The normalized spacial score (nSPS) is 15.6. The number of aliphatic hydroxyl groups is 1. The van der Waals surface area contributed by atoms with E-state index < -0.39 is 21.0 Å². The number of benzene rings is 2. The van der Waals surface area contributed by atoms with Gasteiger partial charge in [-0.25, -0.2) is 0 Å². The summed E-state index contributed by atoms with van der Waals surface area (Å²) in [6, 6.07) is 12.1. The second-order valence-electron chi connectivity index (χ2n) is 4.85. The average molecular weight is 280 g/mol. The first-order chi connectivity index (χ1) is 8.78. The first-order valence-electron chi connectivity index (χ1n) is 5.96. The molecule has 4 nitrogen and oxygen atoms in total. The average Bonchev–Trinajstić information content (AvgIpc) is 2.35. The van der Waals surface area contributed by atoms with Crippen molar-refractivity contribution < 1.29 is 18.1 Å². The van der Waals surface area contributed by atoms with E-state index in [4.69, 9.17) is 0 Å². The van der Waals surface area contributed by atoms with Crippen LogP contribution in [0.5, 0.6) is 0 Å². The molecule has 0 radical (unpaired) electrons. The zero-order chi connectivity index (χ0) is 14.3. The fraction of sp³-hybridized carbons (Fsp3) is 0.286. The van der Waals surface area contributed by atoms with Crippen molar-refractivity contribution in [2.45, 2.75) is 18.8 Å². The Morgan fingerprint density at radius 2 is 1.63 bits per heavy atom. The van der Waals surface area contributed by atoms with Gasteiger partial charge in [0.15, 0.2) is 0 Å². The Morgan fingerprint density at radius 3 is 2.21 bits per heavy atom. The van der Waals surface area contributed by atoms with Crippen molar-refractivity contribution in [1.82, 2.24) is 0 Å². The molecule has 0 saturated carbocycles. The van der Waals surface area contributed by atoms with Crippen LogP contribution in [0.2, 0.25) is 0 Å². The van der Waals surface area contributed by atoms with Gasteiger partial charge in [0.1, 0.15) is 0 Å². The second kappa shape index (κ2) is 4.59. The van der Waals surface area contributed by atoms with Gasteiger partial charge in [-0.2, -0.15) is 8.42 Å². The number of hydrogen-bond acceptors (Lipinski definition) is 3. The summed E-state index contributed by atoms with van der Waals surface area (Å²) in [6.45, 7) is 3.10. The highest BCUT2D eigenvalue weighted by molar-refractivity contribution is 7.86. The third kappa shape index (κ3) is 2.14. The molecule has 0 aliphatic carbocycles. The smallest absolute Gasteiger partial charge is 0.299 e. The first-order valence-corrected chi connectivity index (χ1v) is 7.40. The molecule has 1 atom stereocenters. The van der Waals surface area contributed by atoms with E-state index in [1.165, 1.54) is 6.07 Å². The minimum absolute atomic E-state index is 0.197. The standard InChI is InChI=1S/C14H16O4S/c1-10(2)14(15,19(16,17)18)13-9-5-7-11-6-3-4-8-12(11)13/h3-10,15H,1-2H3,(H,16,17,18). The highest BCUT2D eigenvalue weighted by Crippen LogP contribution is 2.38. The Labute approximate surface area is 112 Å². The molecule has 0 amide bonds. The predicted octanol–water partition coefficient (Wildman–Crippen LogP) is 2.53. The van der Waals surface area contributed by atoms with Crippen molar-refractivity contribution in [3.63, 3.8) is 0 Å². The summed E-state index contributed by atoms with van der Waals surface area (Å²) in [5.74, 6) is -0.687. The lowest BCUT2D eigenvalue weighted by Gasteiger charge is -2.30. The molecule has 0 heterocycles. The van der Waals surface area contributed by atoms with E-state index in [0.717, 1.165) is 5.39 Å². The Kier molecular flexibility index (Phi) is 3.38. The fourth-order valence-electron chi connectivity index (χ4n) is 2.29. The summed E-state index contributed by atoms with van der Waals surface area (Å²) in [6.07, 6.45) is 0. The lowest BCUT2D eigenvalue weighted by molar-refractivity contribution is 0.0660. The second-order valence-corrected chi connectivity index (χ2v) is 6.43. The summed E-state index contributed by atoms with van der Waals surface area (Å²) in [7, 11) is -4.65. The number of rotatable bonds is 3. The molecule has 0 aromatic heterocycles. The summed E-state index contributed by atoms with van der Waals surface area (Å²) in [5, 5.41) is 12.0. The lowest BCUT2D eigenvalue weighted by Crippen LogP contribution is -2.40. The highest BCUT2D eigenvalue weighted by atomic mass is 32.2. The van der Waals surface area contributed by atoms with Crippen LogP contribution in [0, 0.1) is 5.92 Å². The van der Waals surface area contributed by atoms with Crippen LogP contribution in [0.1, 0.15) is 19.4 Å². The van der Waals surface area contributed by atoms with E-state index in [1.807, 2.05) is 18.2 Å². The van der Waals surface area contributed by atoms with Crippen molar-refractivity contribution in [1.29, 1.82) is 0 Å². The molecule has 0 aliphatic heterocycles. The van der Waals surface area contributed by atoms with Gasteiger partial charge in [-0.1, -0.05) is 56.3 Å². The maximum Gasteiger partial charge on any atom is 0.299 e. The molecule has 0 spiro atoms. The zero-order valence-corrected chi connectivity index (χ0v) is 11.6. The molecule has 2 N–H and O–H groups in total. The third-order valence-electron chi connectivity index (χ3n) is 3.35. The van der Waals surface area contributed by atoms with Gasteiger partial charge in [0, 0.05) is 11.5 Å². The van der Waals surface area contributed by atoms with E-state index in [2.05, 4.69) is 0 Å². The van der Waals surface area contributed by atoms with Crippen molar-refractivity contribution in [2.24, 2.45) is 5.92 Å². The molecule has 102 valence electrons. The maximum atomic E-state index is 11.6. The van der Waals surface area contributed by atoms with Crippen LogP contribution in [-0.4, -0.2) is 18.1 Å². The maximum absolute atomic E-state index is 11.6. The monoisotopic (exact) mass is 280 g/mol. The third-order valence-corrected chi connectivity index (χ3v) is 4.83. The van der Waals surface area contributed by atoms with Crippen LogP contribution in [-0.2, 0) is 15.1 Å². The number of fused-ring (bicyclic) bond motifs is 1. The van der Waals surface area contributed by atoms with E-state index in [0.29, 0.717) is 5.39 Å². The van der Waals surface area contributed by atoms with E-state index in [-0.39, 0.29) is 5.56 Å². The topological polar surface area (TPSA) is 74.6 Å². The van der Waals surface area contributed by atoms with E-state index in [1.54, 1.807) is 32.0 Å². The van der Waals surface area contributed by atoms with Gasteiger partial charge in [-0.15, -0.1) is 0 Å². The van der Waals surface area contributed by atoms with Gasteiger partial charge in [-0.3, -0.25) is 4.55 Å². The minimum atomic E-state index is -4.65. The molecule has 5 heteroatoms. The number of hydrogen-bond donors (Lipinski definition) is 2. The Hall–Kier alpha value is -1.43. The first kappa shape index (κ1) is 14.0. The van der Waals surface area contributed by atoms with Gasteiger partial charge < -0.3 is 5.11 Å². The molecule has 2 aromatic rings. The summed E-state index contributed by atoms with van der Waals surface area (Å²) >= 11 is 0. The molecule has 2 rings (SSSR count). The van der Waals surface area contributed by atoms with Crippen LogP contribution in [0.4, 0.5) is 0 Å². The van der Waals surface area contributed by atoms with Gasteiger partial charge in [0.25, 0.3) is 10.1 Å².